The normalized spacial score (nSPS) is 17.0. The van der Waals surface area contributed by atoms with E-state index in [9.17, 15) is 0 Å². The Bertz CT molecular complexity index is 1390. The van der Waals surface area contributed by atoms with Gasteiger partial charge >= 0.3 is 0 Å². The van der Waals surface area contributed by atoms with E-state index >= 15 is 0 Å². The first-order chi connectivity index (χ1) is 14.8. The van der Waals surface area contributed by atoms with Gasteiger partial charge in [0.25, 0.3) is 0 Å². The molecule has 0 radical (unpaired) electrons. The van der Waals surface area contributed by atoms with Crippen LogP contribution >= 0.6 is 0 Å². The van der Waals surface area contributed by atoms with Crippen molar-refractivity contribution in [2.45, 2.75) is 25.2 Å². The molecule has 0 spiro atoms. The Kier molecular flexibility index (Phi) is 5.29. The molecular formula is C26H22N4Zn. The summed E-state index contributed by atoms with van der Waals surface area (Å²) in [5.41, 5.74) is 9.44. The molecular weight excluding hydrogens is 434 g/mol. The van der Waals surface area contributed by atoms with Crippen molar-refractivity contribution in [3.05, 3.63) is 83.0 Å². The monoisotopic (exact) mass is 454 g/mol. The van der Waals surface area contributed by atoms with E-state index in [0.29, 0.717) is 5.92 Å². The molecule has 5 heteroatoms. The van der Waals surface area contributed by atoms with E-state index in [4.69, 9.17) is 4.98 Å². The minimum atomic E-state index is 0. The molecule has 2 N–H and O–H groups in total. The maximum atomic E-state index is 4.79. The summed E-state index contributed by atoms with van der Waals surface area (Å²) in [5.74, 6) is 0.450. The van der Waals surface area contributed by atoms with Gasteiger partial charge in [-0.25, -0.2) is 9.97 Å². The molecule has 1 unspecified atom stereocenters. The van der Waals surface area contributed by atoms with Gasteiger partial charge in [-0.2, -0.15) is 0 Å². The van der Waals surface area contributed by atoms with E-state index in [1.165, 1.54) is 24.8 Å². The van der Waals surface area contributed by atoms with E-state index in [-0.39, 0.29) is 19.5 Å². The minimum Gasteiger partial charge on any atom is -0.355 e. The smallest absolute Gasteiger partial charge is 0.0659 e. The number of nitrogens with zero attached hydrogens (tertiary/aromatic N) is 2. The van der Waals surface area contributed by atoms with Crippen molar-refractivity contribution in [2.75, 3.05) is 0 Å². The molecule has 3 aliphatic rings. The second kappa shape index (κ2) is 8.24. The van der Waals surface area contributed by atoms with Crippen LogP contribution in [0.15, 0.2) is 54.6 Å². The molecule has 1 aliphatic carbocycles. The minimum absolute atomic E-state index is 0. The third-order valence-corrected chi connectivity index (χ3v) is 5.85. The number of hydrogen-bond acceptors (Lipinski definition) is 2. The molecule has 0 saturated carbocycles. The summed E-state index contributed by atoms with van der Waals surface area (Å²) in [6, 6.07) is 14.9. The summed E-state index contributed by atoms with van der Waals surface area (Å²) in [7, 11) is 0. The molecule has 6 rings (SSSR count). The van der Waals surface area contributed by atoms with Crippen molar-refractivity contribution in [1.82, 2.24) is 19.9 Å². The Morgan fingerprint density at radius 3 is 2.10 bits per heavy atom. The van der Waals surface area contributed by atoms with Gasteiger partial charge in [0, 0.05) is 47.5 Å². The maximum Gasteiger partial charge on any atom is 0.0659 e. The predicted molar refractivity (Wildman–Crippen MR) is 125 cm³/mol. The summed E-state index contributed by atoms with van der Waals surface area (Å²) in [6.07, 6.45) is 16.5. The van der Waals surface area contributed by atoms with E-state index in [1.807, 2.05) is 18.2 Å². The van der Waals surface area contributed by atoms with E-state index in [1.54, 1.807) is 0 Å². The number of H-pyrrole nitrogens is 2. The molecule has 3 aromatic heterocycles. The molecule has 0 saturated heterocycles. The number of fused-ring (bicyclic) bond motifs is 8. The molecule has 5 heterocycles. The van der Waals surface area contributed by atoms with Crippen LogP contribution in [0.3, 0.4) is 0 Å². The molecule has 0 amide bonds. The number of allylic oxidation sites excluding steroid dienone is 2. The zero-order valence-corrected chi connectivity index (χ0v) is 20.3. The Hall–Kier alpha value is -3.04. The van der Waals surface area contributed by atoms with Crippen LogP contribution in [0.4, 0.5) is 0 Å². The van der Waals surface area contributed by atoms with Crippen molar-refractivity contribution in [3.63, 3.8) is 0 Å². The summed E-state index contributed by atoms with van der Waals surface area (Å²) < 4.78 is 0. The molecule has 31 heavy (non-hydrogen) atoms. The van der Waals surface area contributed by atoms with Crippen LogP contribution in [0.5, 0.6) is 0 Å². The zero-order chi connectivity index (χ0) is 19.9. The third-order valence-electron chi connectivity index (χ3n) is 5.85. The Balaban J connectivity index is 0.00000204. The summed E-state index contributed by atoms with van der Waals surface area (Å²) in [4.78, 5) is 16.6. The van der Waals surface area contributed by atoms with Gasteiger partial charge < -0.3 is 9.97 Å². The van der Waals surface area contributed by atoms with Crippen LogP contribution in [-0.4, -0.2) is 19.9 Å². The predicted octanol–water partition coefficient (Wildman–Crippen LogP) is 6.48. The van der Waals surface area contributed by atoms with Crippen LogP contribution in [0.2, 0.25) is 0 Å². The Morgan fingerprint density at radius 1 is 0.710 bits per heavy atom. The van der Waals surface area contributed by atoms with Crippen LogP contribution in [0.1, 0.15) is 53.5 Å². The van der Waals surface area contributed by atoms with Crippen molar-refractivity contribution in [1.29, 1.82) is 0 Å². The van der Waals surface area contributed by atoms with Crippen molar-refractivity contribution < 1.29 is 19.5 Å². The summed E-state index contributed by atoms with van der Waals surface area (Å²) in [6.45, 7) is 0. The quantitative estimate of drug-likeness (QED) is 0.224. The average molecular weight is 456 g/mol. The average Bonchev–Trinajstić information content (AvgIpc) is 3.53. The number of nitrogens with one attached hydrogen (secondary N) is 2. The van der Waals surface area contributed by atoms with Crippen molar-refractivity contribution >= 4 is 46.4 Å². The fourth-order valence-electron chi connectivity index (χ4n) is 4.42. The first-order valence-electron chi connectivity index (χ1n) is 10.5. The fraction of sp³-hybridized carbons (Fsp3) is 0.154. The zero-order valence-electron chi connectivity index (χ0n) is 17.3. The first-order valence-corrected chi connectivity index (χ1v) is 10.5. The summed E-state index contributed by atoms with van der Waals surface area (Å²) >= 11 is 0. The maximum absolute atomic E-state index is 4.79. The molecule has 0 fully saturated rings. The fourth-order valence-corrected chi connectivity index (χ4v) is 4.42. The SMILES string of the molecule is C1=CC(c2cc3cc4ccc(cc5nc(cc6nc(cc2[nH]3)C=C6)C=C5)[nH]4)CCC1.[Zn]. The van der Waals surface area contributed by atoms with Crippen molar-refractivity contribution in [2.24, 2.45) is 0 Å². The summed E-state index contributed by atoms with van der Waals surface area (Å²) in [5, 5.41) is 0. The van der Waals surface area contributed by atoms with Gasteiger partial charge in [0.05, 0.1) is 22.8 Å². The molecule has 4 nitrogen and oxygen atoms in total. The molecule has 2 aliphatic heterocycles. The Labute approximate surface area is 193 Å². The van der Waals surface area contributed by atoms with E-state index in [0.717, 1.165) is 44.8 Å². The van der Waals surface area contributed by atoms with Gasteiger partial charge in [-0.3, -0.25) is 0 Å². The number of rotatable bonds is 1. The Morgan fingerprint density at radius 2 is 1.39 bits per heavy atom. The largest absolute Gasteiger partial charge is 0.355 e. The molecule has 3 aromatic rings. The standard InChI is InChI=1S/C26H22N4.Zn/c1-2-4-17(5-3-1)25-15-24-14-22-9-8-20(28-22)12-18-6-7-19(27-18)13-21-10-11-23(29-21)16-26(25)30-24;/h2,4,6-17,28,30H,1,3,5H2;. The number of aromatic nitrogens is 4. The van der Waals surface area contributed by atoms with Crippen molar-refractivity contribution in [3.8, 4) is 0 Å². The number of aromatic amines is 2. The van der Waals surface area contributed by atoms with Crippen LogP contribution in [0.25, 0.3) is 46.4 Å². The van der Waals surface area contributed by atoms with Crippen LogP contribution in [-0.2, 0) is 19.5 Å². The molecule has 8 bridgehead atoms. The molecule has 0 aromatic carbocycles. The van der Waals surface area contributed by atoms with Gasteiger partial charge in [-0.1, -0.05) is 12.2 Å². The van der Waals surface area contributed by atoms with Crippen LogP contribution in [0, 0.1) is 0 Å². The second-order valence-corrected chi connectivity index (χ2v) is 8.10. The van der Waals surface area contributed by atoms with Gasteiger partial charge in [0.15, 0.2) is 0 Å². The van der Waals surface area contributed by atoms with Crippen LogP contribution < -0.4 is 0 Å². The topological polar surface area (TPSA) is 57.4 Å². The number of hydrogen-bond donors (Lipinski definition) is 2. The third kappa shape index (κ3) is 4.11. The molecule has 1 atom stereocenters. The van der Waals surface area contributed by atoms with Gasteiger partial charge in [-0.05, 0) is 91.6 Å². The van der Waals surface area contributed by atoms with E-state index < -0.39 is 0 Å². The first kappa shape index (κ1) is 19.9. The van der Waals surface area contributed by atoms with Gasteiger partial charge in [0.1, 0.15) is 0 Å². The van der Waals surface area contributed by atoms with Gasteiger partial charge in [-0.15, -0.1) is 0 Å². The second-order valence-electron chi connectivity index (χ2n) is 8.10. The molecule has 148 valence electrons. The van der Waals surface area contributed by atoms with Gasteiger partial charge in [0.2, 0.25) is 0 Å². The van der Waals surface area contributed by atoms with E-state index in [2.05, 4.69) is 75.7 Å².